The predicted molar refractivity (Wildman–Crippen MR) is 64.5 cm³/mol. The average Bonchev–Trinajstić information content (AvgIpc) is 2.39. The number of rotatable bonds is 3. The number of carbonyl (C=O) groups is 1. The van der Waals surface area contributed by atoms with Crippen molar-refractivity contribution in [2.75, 3.05) is 19.7 Å². The van der Waals surface area contributed by atoms with Crippen LogP contribution in [0, 0.1) is 11.7 Å². The van der Waals surface area contributed by atoms with Crippen LogP contribution in [0.3, 0.4) is 0 Å². The topological polar surface area (TPSA) is 53.4 Å². The van der Waals surface area contributed by atoms with Crippen LogP contribution in [0.4, 0.5) is 4.39 Å². The van der Waals surface area contributed by atoms with E-state index in [1.165, 1.54) is 12.3 Å². The fourth-order valence-electron chi connectivity index (χ4n) is 2.39. The Bertz CT molecular complexity index is 423. The molecule has 18 heavy (non-hydrogen) atoms. The van der Waals surface area contributed by atoms with Gasteiger partial charge in [0.25, 0.3) is 5.91 Å². The van der Waals surface area contributed by atoms with Crippen LogP contribution in [-0.2, 0) is 0 Å². The van der Waals surface area contributed by atoms with Crippen molar-refractivity contribution in [3.8, 4) is 0 Å². The molecule has 1 aliphatic heterocycles. The molecule has 0 aliphatic carbocycles. The molecule has 1 atom stereocenters. The third kappa shape index (κ3) is 2.85. The summed E-state index contributed by atoms with van der Waals surface area (Å²) < 4.78 is 13.5. The lowest BCUT2D eigenvalue weighted by Crippen LogP contribution is -2.40. The second-order valence-electron chi connectivity index (χ2n) is 4.63. The Balaban J connectivity index is 2.07. The summed E-state index contributed by atoms with van der Waals surface area (Å²) in [6.45, 7) is 1.39. The average molecular weight is 252 g/mol. The van der Waals surface area contributed by atoms with Gasteiger partial charge >= 0.3 is 0 Å². The number of piperidine rings is 1. The molecular formula is C13H17FN2O2. The van der Waals surface area contributed by atoms with Crippen molar-refractivity contribution in [3.63, 3.8) is 0 Å². The second-order valence-corrected chi connectivity index (χ2v) is 4.63. The first-order valence-corrected chi connectivity index (χ1v) is 6.22. The minimum Gasteiger partial charge on any atom is -0.396 e. The molecule has 2 heterocycles. The monoisotopic (exact) mass is 252 g/mol. The molecule has 1 N–H and O–H groups in total. The van der Waals surface area contributed by atoms with E-state index in [1.807, 2.05) is 0 Å². The van der Waals surface area contributed by atoms with Gasteiger partial charge in [0.2, 0.25) is 0 Å². The smallest absolute Gasteiger partial charge is 0.256 e. The van der Waals surface area contributed by atoms with Crippen molar-refractivity contribution in [1.82, 2.24) is 9.88 Å². The van der Waals surface area contributed by atoms with Crippen LogP contribution in [0.1, 0.15) is 29.6 Å². The number of halogens is 1. The fraction of sp³-hybridized carbons (Fsp3) is 0.538. The first-order valence-electron chi connectivity index (χ1n) is 6.22. The van der Waals surface area contributed by atoms with Crippen LogP contribution >= 0.6 is 0 Å². The number of hydrogen-bond donors (Lipinski definition) is 1. The van der Waals surface area contributed by atoms with Gasteiger partial charge in [-0.15, -0.1) is 0 Å². The Labute approximate surface area is 105 Å². The van der Waals surface area contributed by atoms with E-state index in [1.54, 1.807) is 4.90 Å². The minimum absolute atomic E-state index is 0.0784. The normalized spacial score (nSPS) is 19.9. The summed E-state index contributed by atoms with van der Waals surface area (Å²) in [5.41, 5.74) is 0.0784. The third-order valence-electron chi connectivity index (χ3n) is 3.35. The van der Waals surface area contributed by atoms with Gasteiger partial charge in [0, 0.05) is 25.9 Å². The number of aromatic nitrogens is 1. The lowest BCUT2D eigenvalue weighted by atomic mass is 9.95. The van der Waals surface area contributed by atoms with Crippen molar-refractivity contribution < 1.29 is 14.3 Å². The summed E-state index contributed by atoms with van der Waals surface area (Å²) in [7, 11) is 0. The number of aliphatic hydroxyl groups is 1. The van der Waals surface area contributed by atoms with E-state index < -0.39 is 5.82 Å². The zero-order valence-electron chi connectivity index (χ0n) is 10.2. The van der Waals surface area contributed by atoms with E-state index in [9.17, 15) is 9.18 Å². The van der Waals surface area contributed by atoms with E-state index in [0.29, 0.717) is 25.4 Å². The van der Waals surface area contributed by atoms with E-state index in [0.717, 1.165) is 19.0 Å². The molecule has 0 bridgehead atoms. The maximum absolute atomic E-state index is 13.5. The van der Waals surface area contributed by atoms with Crippen LogP contribution in [0.15, 0.2) is 18.5 Å². The number of pyridine rings is 1. The highest BCUT2D eigenvalue weighted by Crippen LogP contribution is 2.21. The maximum Gasteiger partial charge on any atom is 0.256 e. The molecule has 2 rings (SSSR count). The molecule has 1 saturated heterocycles. The van der Waals surface area contributed by atoms with Gasteiger partial charge in [-0.3, -0.25) is 9.78 Å². The Morgan fingerprint density at radius 3 is 3.17 bits per heavy atom. The van der Waals surface area contributed by atoms with E-state index in [-0.39, 0.29) is 18.1 Å². The van der Waals surface area contributed by atoms with Gasteiger partial charge in [0.15, 0.2) is 5.82 Å². The van der Waals surface area contributed by atoms with Gasteiger partial charge < -0.3 is 10.0 Å². The van der Waals surface area contributed by atoms with Crippen molar-refractivity contribution in [1.29, 1.82) is 0 Å². The molecule has 1 amide bonds. The van der Waals surface area contributed by atoms with Crippen molar-refractivity contribution in [3.05, 3.63) is 29.8 Å². The molecule has 98 valence electrons. The van der Waals surface area contributed by atoms with Gasteiger partial charge in [-0.05, 0) is 31.2 Å². The van der Waals surface area contributed by atoms with Gasteiger partial charge in [-0.2, -0.15) is 0 Å². The van der Waals surface area contributed by atoms with E-state index in [2.05, 4.69) is 4.98 Å². The number of aliphatic hydroxyl groups excluding tert-OH is 1. The molecule has 0 radical (unpaired) electrons. The van der Waals surface area contributed by atoms with Crippen molar-refractivity contribution >= 4 is 5.91 Å². The molecule has 4 nitrogen and oxygen atoms in total. The quantitative estimate of drug-likeness (QED) is 0.886. The Hall–Kier alpha value is -1.49. The Kier molecular flexibility index (Phi) is 4.25. The van der Waals surface area contributed by atoms with Crippen LogP contribution in [0.25, 0.3) is 0 Å². The summed E-state index contributed by atoms with van der Waals surface area (Å²) in [6, 6.07) is 1.41. The van der Waals surface area contributed by atoms with Crippen LogP contribution in [0.5, 0.6) is 0 Å². The van der Waals surface area contributed by atoms with E-state index >= 15 is 0 Å². The first kappa shape index (κ1) is 13.0. The Morgan fingerprint density at radius 1 is 1.61 bits per heavy atom. The van der Waals surface area contributed by atoms with Gasteiger partial charge in [0.05, 0.1) is 11.8 Å². The number of hydrogen-bond acceptors (Lipinski definition) is 3. The van der Waals surface area contributed by atoms with Crippen LogP contribution in [-0.4, -0.2) is 40.6 Å². The molecule has 0 saturated carbocycles. The molecule has 1 aliphatic rings. The Morgan fingerprint density at radius 2 is 2.44 bits per heavy atom. The van der Waals surface area contributed by atoms with Gasteiger partial charge in [0.1, 0.15) is 0 Å². The zero-order valence-corrected chi connectivity index (χ0v) is 10.2. The predicted octanol–water partition coefficient (Wildman–Crippen LogP) is 1.46. The lowest BCUT2D eigenvalue weighted by Gasteiger charge is -2.32. The minimum atomic E-state index is -0.577. The number of likely N-dealkylation sites (tertiary alicyclic amines) is 1. The second kappa shape index (κ2) is 5.91. The summed E-state index contributed by atoms with van der Waals surface area (Å²) in [5, 5.41) is 8.93. The highest BCUT2D eigenvalue weighted by Gasteiger charge is 2.25. The van der Waals surface area contributed by atoms with Crippen LogP contribution in [0.2, 0.25) is 0 Å². The molecule has 0 aromatic carbocycles. The lowest BCUT2D eigenvalue weighted by molar-refractivity contribution is 0.0648. The fourth-order valence-corrected chi connectivity index (χ4v) is 2.39. The molecular weight excluding hydrogens is 235 g/mol. The highest BCUT2D eigenvalue weighted by atomic mass is 19.1. The summed E-state index contributed by atoms with van der Waals surface area (Å²) in [5.74, 6) is -0.540. The van der Waals surface area contributed by atoms with E-state index in [4.69, 9.17) is 5.11 Å². The molecule has 5 heteroatoms. The standard InChI is InChI=1S/C13H17FN2O2/c14-12-8-15-5-3-11(12)13(18)16-6-1-2-10(9-16)4-7-17/h3,5,8,10,17H,1-2,4,6-7,9H2. The largest absolute Gasteiger partial charge is 0.396 e. The van der Waals surface area contributed by atoms with Gasteiger partial charge in [-0.25, -0.2) is 4.39 Å². The highest BCUT2D eigenvalue weighted by molar-refractivity contribution is 5.94. The number of carbonyl (C=O) groups excluding carboxylic acids is 1. The SMILES string of the molecule is O=C(c1ccncc1F)N1CCCC(CCO)C1. The maximum atomic E-state index is 13.5. The molecule has 1 aromatic heterocycles. The zero-order chi connectivity index (χ0) is 13.0. The summed E-state index contributed by atoms with van der Waals surface area (Å²) in [4.78, 5) is 17.5. The number of nitrogens with zero attached hydrogens (tertiary/aromatic N) is 2. The molecule has 1 aromatic rings. The summed E-state index contributed by atoms with van der Waals surface area (Å²) >= 11 is 0. The third-order valence-corrected chi connectivity index (χ3v) is 3.35. The summed E-state index contributed by atoms with van der Waals surface area (Å²) in [6.07, 6.45) is 5.10. The van der Waals surface area contributed by atoms with Crippen molar-refractivity contribution in [2.45, 2.75) is 19.3 Å². The molecule has 1 fully saturated rings. The first-order chi connectivity index (χ1) is 8.72. The van der Waals surface area contributed by atoms with Crippen molar-refractivity contribution in [2.24, 2.45) is 5.92 Å². The molecule has 1 unspecified atom stereocenters. The van der Waals surface area contributed by atoms with Crippen LogP contribution < -0.4 is 0 Å². The molecule has 0 spiro atoms. The van der Waals surface area contributed by atoms with Gasteiger partial charge in [-0.1, -0.05) is 0 Å². The number of amides is 1.